The number of carboxylic acid groups (broad SMARTS) is 1. The smallest absolute Gasteiger partial charge is 0.303 e. The van der Waals surface area contributed by atoms with Crippen molar-refractivity contribution in [1.29, 1.82) is 0 Å². The normalized spacial score (nSPS) is 23.9. The first-order valence-corrected chi connectivity index (χ1v) is 12.7. The molecule has 3 atom stereocenters. The Labute approximate surface area is 212 Å². The van der Waals surface area contributed by atoms with Gasteiger partial charge in [-0.25, -0.2) is 8.78 Å². The van der Waals surface area contributed by atoms with Crippen molar-refractivity contribution in [3.63, 3.8) is 0 Å². The number of aliphatic carboxylic acids is 1. The van der Waals surface area contributed by atoms with Gasteiger partial charge in [0.25, 0.3) is 5.91 Å². The van der Waals surface area contributed by atoms with Crippen LogP contribution < -0.4 is 10.2 Å². The van der Waals surface area contributed by atoms with Crippen LogP contribution in [0.15, 0.2) is 36.4 Å². The second-order valence-corrected chi connectivity index (χ2v) is 10.5. The second-order valence-electron chi connectivity index (χ2n) is 10.1. The van der Waals surface area contributed by atoms with Crippen molar-refractivity contribution < 1.29 is 28.3 Å². The summed E-state index contributed by atoms with van der Waals surface area (Å²) in [4.78, 5) is 39.1. The van der Waals surface area contributed by atoms with E-state index in [1.54, 1.807) is 17.0 Å². The number of benzene rings is 2. The number of halogens is 3. The summed E-state index contributed by atoms with van der Waals surface area (Å²) in [7, 11) is 0. The second kappa shape index (κ2) is 9.47. The lowest BCUT2D eigenvalue weighted by atomic mass is 9.59. The van der Waals surface area contributed by atoms with Crippen molar-refractivity contribution in [2.75, 3.05) is 4.90 Å². The third-order valence-electron chi connectivity index (χ3n) is 8.06. The molecule has 6 nitrogen and oxygen atoms in total. The topological polar surface area (TPSA) is 86.7 Å². The van der Waals surface area contributed by atoms with Crippen LogP contribution in [0.4, 0.5) is 14.5 Å². The molecular formula is C27H27ClF2N2O4. The molecular weight excluding hydrogens is 490 g/mol. The van der Waals surface area contributed by atoms with E-state index in [2.05, 4.69) is 5.32 Å². The molecule has 190 valence electrons. The molecule has 0 spiro atoms. The van der Waals surface area contributed by atoms with Gasteiger partial charge >= 0.3 is 5.97 Å². The molecule has 3 unspecified atom stereocenters. The molecule has 2 aromatic carbocycles. The summed E-state index contributed by atoms with van der Waals surface area (Å²) in [5.74, 6) is -3.85. The largest absolute Gasteiger partial charge is 0.481 e. The first-order chi connectivity index (χ1) is 17.2. The monoisotopic (exact) mass is 516 g/mol. The predicted octanol–water partition coefficient (Wildman–Crippen LogP) is 5.43. The molecule has 36 heavy (non-hydrogen) atoms. The zero-order chi connectivity index (χ0) is 25.6. The number of rotatable bonds is 6. The van der Waals surface area contributed by atoms with Crippen LogP contribution in [-0.2, 0) is 9.59 Å². The van der Waals surface area contributed by atoms with E-state index in [0.717, 1.165) is 56.2 Å². The summed E-state index contributed by atoms with van der Waals surface area (Å²) in [6, 6.07) is 8.37. The number of nitrogens with zero attached hydrogens (tertiary/aromatic N) is 1. The lowest BCUT2D eigenvalue weighted by molar-refractivity contribution is -0.139. The van der Waals surface area contributed by atoms with Gasteiger partial charge in [-0.1, -0.05) is 24.1 Å². The molecule has 2 aliphatic carbocycles. The maximum absolute atomic E-state index is 14.0. The highest BCUT2D eigenvalue weighted by atomic mass is 35.5. The number of nitrogens with one attached hydrogen (secondary N) is 1. The SMILES string of the molecule is O=C(O)CCC(=O)NC1(C2c3ccc(Cl)cc3N(C(=O)c3ccc(F)c(F)c3)C3CCCC32)CCC1. The fourth-order valence-corrected chi connectivity index (χ4v) is 6.61. The van der Waals surface area contributed by atoms with Crippen molar-refractivity contribution in [3.8, 4) is 0 Å². The fraction of sp³-hybridized carbons (Fsp3) is 0.444. The molecule has 2 saturated carbocycles. The van der Waals surface area contributed by atoms with E-state index in [4.69, 9.17) is 16.7 Å². The molecule has 2 fully saturated rings. The number of fused-ring (bicyclic) bond motifs is 2. The summed E-state index contributed by atoms with van der Waals surface area (Å²) < 4.78 is 27.6. The molecule has 0 saturated heterocycles. The standard InChI is InChI=1S/C27H27ClF2N2O4/c28-16-6-7-18-22(14-16)32(26(36)15-5-8-19(29)20(30)13-15)21-4-1-3-17(21)25(18)27(11-2-12-27)31-23(33)9-10-24(34)35/h5-8,13-14,17,21,25H,1-4,9-12H2,(H,31,33)(H,34,35). The van der Waals surface area contributed by atoms with Gasteiger partial charge in [0.1, 0.15) is 0 Å². The third-order valence-corrected chi connectivity index (χ3v) is 8.29. The summed E-state index contributed by atoms with van der Waals surface area (Å²) in [5.41, 5.74) is 1.04. The summed E-state index contributed by atoms with van der Waals surface area (Å²) >= 11 is 6.37. The number of carbonyl (C=O) groups is 3. The van der Waals surface area contributed by atoms with Crippen LogP contribution in [-0.4, -0.2) is 34.5 Å². The molecule has 2 N–H and O–H groups in total. The Morgan fingerprint density at radius 2 is 1.81 bits per heavy atom. The quantitative estimate of drug-likeness (QED) is 0.535. The molecule has 0 bridgehead atoms. The minimum Gasteiger partial charge on any atom is -0.481 e. The Kier molecular flexibility index (Phi) is 6.49. The van der Waals surface area contributed by atoms with Crippen molar-refractivity contribution in [2.45, 2.75) is 68.9 Å². The van der Waals surface area contributed by atoms with Gasteiger partial charge in [0.15, 0.2) is 11.6 Å². The summed E-state index contributed by atoms with van der Waals surface area (Å²) in [6.07, 6.45) is 4.62. The minimum absolute atomic E-state index is 0.0491. The van der Waals surface area contributed by atoms with Crippen molar-refractivity contribution in [2.24, 2.45) is 5.92 Å². The Bertz CT molecular complexity index is 1230. The van der Waals surface area contributed by atoms with E-state index in [0.29, 0.717) is 10.7 Å². The van der Waals surface area contributed by atoms with Gasteiger partial charge in [-0.15, -0.1) is 0 Å². The van der Waals surface area contributed by atoms with Gasteiger partial charge in [0, 0.05) is 40.2 Å². The molecule has 1 aliphatic heterocycles. The number of carboxylic acids is 1. The zero-order valence-corrected chi connectivity index (χ0v) is 20.4. The number of hydrogen-bond acceptors (Lipinski definition) is 3. The number of carbonyl (C=O) groups excluding carboxylic acids is 2. The highest BCUT2D eigenvalue weighted by Gasteiger charge is 2.56. The van der Waals surface area contributed by atoms with E-state index in [-0.39, 0.29) is 42.2 Å². The minimum atomic E-state index is -1.08. The van der Waals surface area contributed by atoms with Crippen LogP contribution >= 0.6 is 11.6 Å². The first-order valence-electron chi connectivity index (χ1n) is 12.3. The van der Waals surface area contributed by atoms with Crippen LogP contribution in [0, 0.1) is 17.6 Å². The van der Waals surface area contributed by atoms with Crippen LogP contribution in [0.2, 0.25) is 5.02 Å². The Hall–Kier alpha value is -3.00. The van der Waals surface area contributed by atoms with Crippen LogP contribution in [0.5, 0.6) is 0 Å². The van der Waals surface area contributed by atoms with Crippen LogP contribution in [0.25, 0.3) is 0 Å². The Balaban J connectivity index is 1.56. The summed E-state index contributed by atoms with van der Waals surface area (Å²) in [6.45, 7) is 0. The molecule has 3 aliphatic rings. The lowest BCUT2D eigenvalue weighted by Gasteiger charge is -2.55. The van der Waals surface area contributed by atoms with E-state index < -0.39 is 29.0 Å². The maximum Gasteiger partial charge on any atom is 0.303 e. The van der Waals surface area contributed by atoms with E-state index >= 15 is 0 Å². The predicted molar refractivity (Wildman–Crippen MR) is 130 cm³/mol. The lowest BCUT2D eigenvalue weighted by Crippen LogP contribution is -2.62. The van der Waals surface area contributed by atoms with Gasteiger partial charge in [0.2, 0.25) is 5.91 Å². The van der Waals surface area contributed by atoms with E-state index in [9.17, 15) is 23.2 Å². The summed E-state index contributed by atoms with van der Waals surface area (Å²) in [5, 5.41) is 12.6. The molecule has 2 amide bonds. The van der Waals surface area contributed by atoms with Gasteiger partial charge in [-0.3, -0.25) is 14.4 Å². The van der Waals surface area contributed by atoms with Crippen LogP contribution in [0.1, 0.15) is 73.2 Å². The molecule has 5 rings (SSSR count). The average Bonchev–Trinajstić information content (AvgIpc) is 3.29. The molecule has 1 heterocycles. The number of anilines is 1. The molecule has 0 radical (unpaired) electrons. The van der Waals surface area contributed by atoms with Crippen molar-refractivity contribution in [3.05, 3.63) is 64.2 Å². The number of hydrogen-bond donors (Lipinski definition) is 2. The zero-order valence-electron chi connectivity index (χ0n) is 19.6. The fourth-order valence-electron chi connectivity index (χ4n) is 6.44. The average molecular weight is 517 g/mol. The Morgan fingerprint density at radius 1 is 1.03 bits per heavy atom. The Morgan fingerprint density at radius 3 is 2.47 bits per heavy atom. The van der Waals surface area contributed by atoms with Gasteiger partial charge in [-0.05, 0) is 73.9 Å². The van der Waals surface area contributed by atoms with Gasteiger partial charge in [0.05, 0.1) is 6.42 Å². The van der Waals surface area contributed by atoms with Crippen LogP contribution in [0.3, 0.4) is 0 Å². The molecule has 0 aromatic heterocycles. The highest BCUT2D eigenvalue weighted by molar-refractivity contribution is 6.31. The third kappa shape index (κ3) is 4.25. The van der Waals surface area contributed by atoms with Gasteiger partial charge < -0.3 is 15.3 Å². The number of amides is 2. The molecule has 2 aromatic rings. The molecule has 9 heteroatoms. The maximum atomic E-state index is 14.0. The van der Waals surface area contributed by atoms with E-state index in [1.807, 2.05) is 6.07 Å². The van der Waals surface area contributed by atoms with Gasteiger partial charge in [-0.2, -0.15) is 0 Å². The first kappa shape index (κ1) is 24.7. The highest BCUT2D eigenvalue weighted by Crippen LogP contribution is 2.58. The van der Waals surface area contributed by atoms with Crippen molar-refractivity contribution >= 4 is 35.1 Å². The van der Waals surface area contributed by atoms with Crippen molar-refractivity contribution in [1.82, 2.24) is 5.32 Å². The van der Waals surface area contributed by atoms with E-state index in [1.165, 1.54) is 6.07 Å².